The summed E-state index contributed by atoms with van der Waals surface area (Å²) in [6.07, 6.45) is 2.67. The van der Waals surface area contributed by atoms with Gasteiger partial charge in [-0.1, -0.05) is 19.1 Å². The van der Waals surface area contributed by atoms with Crippen LogP contribution in [-0.2, 0) is 6.42 Å². The van der Waals surface area contributed by atoms with Crippen LogP contribution in [0.4, 0.5) is 5.69 Å². The Balaban J connectivity index is 1.93. The second-order valence-electron chi connectivity index (χ2n) is 4.72. The zero-order valence-corrected chi connectivity index (χ0v) is 11.5. The third kappa shape index (κ3) is 3.43. The van der Waals surface area contributed by atoms with Gasteiger partial charge in [-0.2, -0.15) is 0 Å². The fourth-order valence-corrected chi connectivity index (χ4v) is 2.45. The zero-order valence-electron chi connectivity index (χ0n) is 10.7. The van der Waals surface area contributed by atoms with Crippen LogP contribution < -0.4 is 5.32 Å². The summed E-state index contributed by atoms with van der Waals surface area (Å²) in [5.41, 5.74) is 2.33. The van der Waals surface area contributed by atoms with Gasteiger partial charge in [0.05, 0.1) is 6.10 Å². The van der Waals surface area contributed by atoms with Crippen molar-refractivity contribution in [2.24, 2.45) is 0 Å². The maximum Gasteiger partial charge on any atom is 0.173 e. The molecule has 0 bridgehead atoms. The molecule has 1 aliphatic heterocycles. The van der Waals surface area contributed by atoms with Crippen LogP contribution in [-0.4, -0.2) is 34.3 Å². The number of aliphatic hydroxyl groups is 1. The lowest BCUT2D eigenvalue weighted by Gasteiger charge is -2.32. The number of β-amino-alcohol motifs (C(OH)–C–C–N with tert-alkyl or cyclic N) is 1. The smallest absolute Gasteiger partial charge is 0.173 e. The number of rotatable bonds is 2. The highest BCUT2D eigenvalue weighted by Crippen LogP contribution is 2.14. The van der Waals surface area contributed by atoms with Crippen LogP contribution >= 0.6 is 12.2 Å². The van der Waals surface area contributed by atoms with E-state index in [1.165, 1.54) is 5.56 Å². The van der Waals surface area contributed by atoms with E-state index < -0.39 is 0 Å². The minimum Gasteiger partial charge on any atom is -0.391 e. The SMILES string of the molecule is CCc1ccc(NC(=S)N2CCC[C@H](O)C2)cc1. The van der Waals surface area contributed by atoms with E-state index in [1.807, 2.05) is 17.0 Å². The Morgan fingerprint density at radius 1 is 1.44 bits per heavy atom. The average molecular weight is 264 g/mol. The van der Waals surface area contributed by atoms with E-state index >= 15 is 0 Å². The Bertz CT molecular complexity index is 405. The number of nitrogens with zero attached hydrogens (tertiary/aromatic N) is 1. The third-order valence-corrected chi connectivity index (χ3v) is 3.66. The molecule has 0 aromatic heterocycles. The van der Waals surface area contributed by atoms with Crippen molar-refractivity contribution < 1.29 is 5.11 Å². The molecule has 1 aromatic rings. The highest BCUT2D eigenvalue weighted by Gasteiger charge is 2.19. The van der Waals surface area contributed by atoms with Crippen molar-refractivity contribution in [3.05, 3.63) is 29.8 Å². The first-order valence-electron chi connectivity index (χ1n) is 6.52. The molecule has 0 amide bonds. The lowest BCUT2D eigenvalue weighted by molar-refractivity contribution is 0.104. The quantitative estimate of drug-likeness (QED) is 0.804. The maximum atomic E-state index is 9.63. The van der Waals surface area contributed by atoms with E-state index in [-0.39, 0.29) is 6.10 Å². The summed E-state index contributed by atoms with van der Waals surface area (Å²) in [7, 11) is 0. The fourth-order valence-electron chi connectivity index (χ4n) is 2.17. The molecule has 2 N–H and O–H groups in total. The van der Waals surface area contributed by atoms with Crippen LogP contribution in [0.5, 0.6) is 0 Å². The van der Waals surface area contributed by atoms with Crippen molar-refractivity contribution in [3.8, 4) is 0 Å². The number of nitrogens with one attached hydrogen (secondary N) is 1. The molecule has 1 aromatic carbocycles. The summed E-state index contributed by atoms with van der Waals surface area (Å²) in [5.74, 6) is 0. The Labute approximate surface area is 114 Å². The van der Waals surface area contributed by atoms with Crippen LogP contribution in [0.3, 0.4) is 0 Å². The molecule has 0 saturated carbocycles. The van der Waals surface area contributed by atoms with Crippen LogP contribution in [0.25, 0.3) is 0 Å². The Hall–Kier alpha value is -1.13. The highest BCUT2D eigenvalue weighted by molar-refractivity contribution is 7.80. The number of likely N-dealkylation sites (tertiary alicyclic amines) is 1. The minimum absolute atomic E-state index is 0.249. The molecule has 0 unspecified atom stereocenters. The summed E-state index contributed by atoms with van der Waals surface area (Å²) in [6.45, 7) is 3.71. The first kappa shape index (κ1) is 13.3. The van der Waals surface area contributed by atoms with Crippen molar-refractivity contribution >= 4 is 23.0 Å². The topological polar surface area (TPSA) is 35.5 Å². The first-order valence-corrected chi connectivity index (χ1v) is 6.93. The standard InChI is InChI=1S/C14H20N2OS/c1-2-11-5-7-12(8-6-11)15-14(18)16-9-3-4-13(17)10-16/h5-8,13,17H,2-4,9-10H2,1H3,(H,15,18)/t13-/m0/s1. The molecular weight excluding hydrogens is 244 g/mol. The summed E-state index contributed by atoms with van der Waals surface area (Å²) in [6, 6.07) is 8.31. The van der Waals surface area contributed by atoms with Gasteiger partial charge in [0.25, 0.3) is 0 Å². The molecular formula is C14H20N2OS. The Morgan fingerprint density at radius 3 is 2.78 bits per heavy atom. The molecule has 0 aliphatic carbocycles. The van der Waals surface area contributed by atoms with E-state index in [1.54, 1.807) is 0 Å². The number of hydrogen-bond donors (Lipinski definition) is 2. The second kappa shape index (κ2) is 6.16. The number of piperidine rings is 1. The van der Waals surface area contributed by atoms with Gasteiger partial charge in [0.1, 0.15) is 0 Å². The predicted molar refractivity (Wildman–Crippen MR) is 78.9 cm³/mol. The third-order valence-electron chi connectivity index (χ3n) is 3.30. The molecule has 1 aliphatic rings. The normalized spacial score (nSPS) is 19.7. The number of anilines is 1. The van der Waals surface area contributed by atoms with Crippen molar-refractivity contribution in [2.75, 3.05) is 18.4 Å². The molecule has 98 valence electrons. The van der Waals surface area contributed by atoms with Gasteiger partial charge in [-0.15, -0.1) is 0 Å². The van der Waals surface area contributed by atoms with Gasteiger partial charge in [0, 0.05) is 18.8 Å². The van der Waals surface area contributed by atoms with Crippen LogP contribution in [0.15, 0.2) is 24.3 Å². The van der Waals surface area contributed by atoms with E-state index in [0.29, 0.717) is 11.7 Å². The van der Waals surface area contributed by atoms with E-state index in [9.17, 15) is 5.11 Å². The Morgan fingerprint density at radius 2 is 2.17 bits per heavy atom. The van der Waals surface area contributed by atoms with Gasteiger partial charge in [-0.3, -0.25) is 0 Å². The molecule has 1 heterocycles. The number of thiocarbonyl (C=S) groups is 1. The minimum atomic E-state index is -0.249. The summed E-state index contributed by atoms with van der Waals surface area (Å²) >= 11 is 5.37. The van der Waals surface area contributed by atoms with Gasteiger partial charge >= 0.3 is 0 Å². The monoisotopic (exact) mass is 264 g/mol. The molecule has 18 heavy (non-hydrogen) atoms. The summed E-state index contributed by atoms with van der Waals surface area (Å²) in [4.78, 5) is 2.04. The van der Waals surface area contributed by atoms with Gasteiger partial charge < -0.3 is 15.3 Å². The molecule has 3 nitrogen and oxygen atoms in total. The van der Waals surface area contributed by atoms with Gasteiger partial charge in [0.2, 0.25) is 0 Å². The van der Waals surface area contributed by atoms with Gasteiger partial charge in [-0.25, -0.2) is 0 Å². The van der Waals surface area contributed by atoms with Crippen molar-refractivity contribution in [2.45, 2.75) is 32.3 Å². The number of aryl methyl sites for hydroxylation is 1. The lowest BCUT2D eigenvalue weighted by Crippen LogP contribution is -2.44. The lowest BCUT2D eigenvalue weighted by atomic mass is 10.1. The van der Waals surface area contributed by atoms with E-state index in [2.05, 4.69) is 24.4 Å². The molecule has 4 heteroatoms. The number of benzene rings is 1. The maximum absolute atomic E-state index is 9.63. The summed E-state index contributed by atoms with van der Waals surface area (Å²) < 4.78 is 0. The van der Waals surface area contributed by atoms with Crippen molar-refractivity contribution in [1.82, 2.24) is 4.90 Å². The van der Waals surface area contributed by atoms with E-state index in [4.69, 9.17) is 12.2 Å². The van der Waals surface area contributed by atoms with E-state index in [0.717, 1.165) is 31.5 Å². The molecule has 0 spiro atoms. The molecule has 1 saturated heterocycles. The van der Waals surface area contributed by atoms with Crippen LogP contribution in [0.2, 0.25) is 0 Å². The summed E-state index contributed by atoms with van der Waals surface area (Å²) in [5, 5.41) is 13.6. The van der Waals surface area contributed by atoms with Crippen LogP contribution in [0.1, 0.15) is 25.3 Å². The molecule has 2 rings (SSSR count). The van der Waals surface area contributed by atoms with Gasteiger partial charge in [-0.05, 0) is 49.2 Å². The number of hydrogen-bond acceptors (Lipinski definition) is 2. The van der Waals surface area contributed by atoms with Gasteiger partial charge in [0.15, 0.2) is 5.11 Å². The van der Waals surface area contributed by atoms with Crippen molar-refractivity contribution in [3.63, 3.8) is 0 Å². The predicted octanol–water partition coefficient (Wildman–Crippen LogP) is 2.40. The highest BCUT2D eigenvalue weighted by atomic mass is 32.1. The zero-order chi connectivity index (χ0) is 13.0. The number of aliphatic hydroxyl groups excluding tert-OH is 1. The first-order chi connectivity index (χ1) is 8.69. The fraction of sp³-hybridized carbons (Fsp3) is 0.500. The molecule has 1 atom stereocenters. The largest absolute Gasteiger partial charge is 0.391 e. The Kier molecular flexibility index (Phi) is 4.55. The molecule has 1 fully saturated rings. The second-order valence-corrected chi connectivity index (χ2v) is 5.11. The average Bonchev–Trinajstić information content (AvgIpc) is 2.39. The molecule has 0 radical (unpaired) electrons. The van der Waals surface area contributed by atoms with Crippen molar-refractivity contribution in [1.29, 1.82) is 0 Å². The van der Waals surface area contributed by atoms with Crippen LogP contribution in [0, 0.1) is 0 Å².